The third-order valence-corrected chi connectivity index (χ3v) is 6.11. The first kappa shape index (κ1) is 21.6. The van der Waals surface area contributed by atoms with E-state index in [1.807, 2.05) is 24.3 Å². The van der Waals surface area contributed by atoms with Gasteiger partial charge in [-0.25, -0.2) is 9.07 Å². The summed E-state index contributed by atoms with van der Waals surface area (Å²) in [4.78, 5) is 27.8. The number of benzene rings is 3. The molecule has 1 aromatic heterocycles. The highest BCUT2D eigenvalue weighted by atomic mass is 19.1. The first-order valence-electron chi connectivity index (χ1n) is 11.1. The molecule has 0 atom stereocenters. The number of nitrogens with zero attached hydrogens (tertiary/aromatic N) is 3. The van der Waals surface area contributed by atoms with Crippen molar-refractivity contribution in [2.75, 3.05) is 16.8 Å². The number of halogens is 1. The first-order valence-corrected chi connectivity index (χ1v) is 11.1. The van der Waals surface area contributed by atoms with Crippen molar-refractivity contribution in [3.63, 3.8) is 0 Å². The van der Waals surface area contributed by atoms with Gasteiger partial charge in [0.2, 0.25) is 0 Å². The van der Waals surface area contributed by atoms with Gasteiger partial charge >= 0.3 is 0 Å². The molecule has 0 fully saturated rings. The van der Waals surface area contributed by atoms with Gasteiger partial charge in [-0.1, -0.05) is 18.2 Å². The summed E-state index contributed by atoms with van der Waals surface area (Å²) in [5, 5.41) is 7.34. The fourth-order valence-corrected chi connectivity index (χ4v) is 4.40. The van der Waals surface area contributed by atoms with Crippen LogP contribution in [0.5, 0.6) is 0 Å². The number of fused-ring (bicyclic) bond motifs is 1. The standard InChI is InChI=1S/C27H23FN4O2/c1-17-25(18(2)32(30-17)23-13-9-21(28)10-14-23)26(33)29-22-11-7-20(8-12-22)27(34)31-16-15-19-5-3-4-6-24(19)31/h3-14H,15-16H2,1-2H3,(H,29,33). The van der Waals surface area contributed by atoms with E-state index in [0.717, 1.165) is 12.1 Å². The third-order valence-electron chi connectivity index (χ3n) is 6.11. The smallest absolute Gasteiger partial charge is 0.259 e. The summed E-state index contributed by atoms with van der Waals surface area (Å²) in [6, 6.07) is 20.8. The minimum Gasteiger partial charge on any atom is -0.322 e. The van der Waals surface area contributed by atoms with Crippen molar-refractivity contribution in [2.45, 2.75) is 20.3 Å². The second-order valence-electron chi connectivity index (χ2n) is 8.30. The van der Waals surface area contributed by atoms with Crippen LogP contribution >= 0.6 is 0 Å². The van der Waals surface area contributed by atoms with E-state index in [0.29, 0.717) is 40.4 Å². The van der Waals surface area contributed by atoms with Gasteiger partial charge in [0.1, 0.15) is 5.82 Å². The van der Waals surface area contributed by atoms with Gasteiger partial charge in [0.25, 0.3) is 11.8 Å². The SMILES string of the molecule is Cc1nn(-c2ccc(F)cc2)c(C)c1C(=O)Nc1ccc(C(=O)N2CCc3ccccc32)cc1. The molecule has 0 saturated carbocycles. The molecule has 6 nitrogen and oxygen atoms in total. The maximum atomic E-state index is 13.3. The van der Waals surface area contributed by atoms with Crippen molar-refractivity contribution in [3.8, 4) is 5.69 Å². The molecule has 1 N–H and O–H groups in total. The van der Waals surface area contributed by atoms with Gasteiger partial charge in [0.05, 0.1) is 22.6 Å². The summed E-state index contributed by atoms with van der Waals surface area (Å²) in [6.45, 7) is 4.22. The zero-order chi connectivity index (χ0) is 23.8. The van der Waals surface area contributed by atoms with Crippen LogP contribution in [-0.2, 0) is 6.42 Å². The van der Waals surface area contributed by atoms with E-state index in [-0.39, 0.29) is 17.6 Å². The number of aromatic nitrogens is 2. The Balaban J connectivity index is 1.32. The molecule has 3 aromatic carbocycles. The number of para-hydroxylation sites is 1. The van der Waals surface area contributed by atoms with Crippen LogP contribution in [0.1, 0.15) is 37.7 Å². The van der Waals surface area contributed by atoms with Crippen molar-refractivity contribution in [2.24, 2.45) is 0 Å². The monoisotopic (exact) mass is 454 g/mol. The van der Waals surface area contributed by atoms with Crippen molar-refractivity contribution in [1.82, 2.24) is 9.78 Å². The zero-order valence-corrected chi connectivity index (χ0v) is 18.9. The lowest BCUT2D eigenvalue weighted by atomic mass is 10.1. The Morgan fingerprint density at radius 3 is 2.38 bits per heavy atom. The van der Waals surface area contributed by atoms with Crippen molar-refractivity contribution in [3.05, 3.63) is 107 Å². The molecule has 170 valence electrons. The zero-order valence-electron chi connectivity index (χ0n) is 18.9. The molecule has 0 radical (unpaired) electrons. The first-order chi connectivity index (χ1) is 16.4. The third kappa shape index (κ3) is 3.85. The van der Waals surface area contributed by atoms with E-state index in [9.17, 15) is 14.0 Å². The van der Waals surface area contributed by atoms with Gasteiger partial charge in [-0.2, -0.15) is 5.10 Å². The molecule has 7 heteroatoms. The number of anilines is 2. The van der Waals surface area contributed by atoms with Crippen LogP contribution in [0.25, 0.3) is 5.69 Å². The Morgan fingerprint density at radius 1 is 0.941 bits per heavy atom. The van der Waals surface area contributed by atoms with Gasteiger partial charge in [-0.05, 0) is 80.4 Å². The molecule has 2 amide bonds. The molecule has 34 heavy (non-hydrogen) atoms. The molecule has 4 aromatic rings. The normalized spacial score (nSPS) is 12.5. The molecule has 1 aliphatic rings. The van der Waals surface area contributed by atoms with Gasteiger partial charge in [0.15, 0.2) is 0 Å². The summed E-state index contributed by atoms with van der Waals surface area (Å²) in [5.74, 6) is -0.690. The van der Waals surface area contributed by atoms with Crippen LogP contribution in [0.2, 0.25) is 0 Å². The highest BCUT2D eigenvalue weighted by Gasteiger charge is 2.25. The molecule has 0 bridgehead atoms. The number of carbonyl (C=O) groups is 2. The number of aryl methyl sites for hydroxylation is 1. The minimum atomic E-state index is -0.334. The lowest BCUT2D eigenvalue weighted by molar-refractivity contribution is 0.0988. The Bertz CT molecular complexity index is 1390. The van der Waals surface area contributed by atoms with E-state index in [1.54, 1.807) is 59.8 Å². The molecule has 1 aliphatic heterocycles. The second-order valence-corrected chi connectivity index (χ2v) is 8.30. The topological polar surface area (TPSA) is 67.2 Å². The fraction of sp³-hybridized carbons (Fsp3) is 0.148. The van der Waals surface area contributed by atoms with E-state index in [4.69, 9.17) is 0 Å². The lowest BCUT2D eigenvalue weighted by Crippen LogP contribution is -2.28. The highest BCUT2D eigenvalue weighted by molar-refractivity contribution is 6.08. The van der Waals surface area contributed by atoms with Gasteiger partial charge in [-0.15, -0.1) is 0 Å². The largest absolute Gasteiger partial charge is 0.322 e. The molecular formula is C27H23FN4O2. The van der Waals surface area contributed by atoms with Crippen LogP contribution in [0, 0.1) is 19.7 Å². The fourth-order valence-electron chi connectivity index (χ4n) is 4.40. The quantitative estimate of drug-likeness (QED) is 0.467. The van der Waals surface area contributed by atoms with E-state index >= 15 is 0 Å². The van der Waals surface area contributed by atoms with Crippen LogP contribution < -0.4 is 10.2 Å². The molecule has 0 unspecified atom stereocenters. The van der Waals surface area contributed by atoms with Gasteiger partial charge in [-0.3, -0.25) is 9.59 Å². The lowest BCUT2D eigenvalue weighted by Gasteiger charge is -2.17. The van der Waals surface area contributed by atoms with E-state index in [1.165, 1.54) is 17.7 Å². The Hall–Kier alpha value is -4.26. The summed E-state index contributed by atoms with van der Waals surface area (Å²) in [7, 11) is 0. The average Bonchev–Trinajstić information content (AvgIpc) is 3.40. The number of rotatable bonds is 4. The van der Waals surface area contributed by atoms with Gasteiger partial charge < -0.3 is 10.2 Å². The predicted octanol–water partition coefficient (Wildman–Crippen LogP) is 5.08. The average molecular weight is 455 g/mol. The van der Waals surface area contributed by atoms with Crippen LogP contribution in [0.4, 0.5) is 15.8 Å². The molecule has 0 aliphatic carbocycles. The number of carbonyl (C=O) groups excluding carboxylic acids is 2. The molecule has 2 heterocycles. The van der Waals surface area contributed by atoms with Crippen LogP contribution in [-0.4, -0.2) is 28.1 Å². The maximum Gasteiger partial charge on any atom is 0.259 e. The summed E-state index contributed by atoms with van der Waals surface area (Å²) in [5.41, 5.74) is 5.62. The Labute approximate surface area is 196 Å². The van der Waals surface area contributed by atoms with E-state index in [2.05, 4.69) is 10.4 Å². The number of hydrogen-bond donors (Lipinski definition) is 1. The number of amides is 2. The Morgan fingerprint density at radius 2 is 1.65 bits per heavy atom. The van der Waals surface area contributed by atoms with Crippen LogP contribution in [0.3, 0.4) is 0 Å². The maximum absolute atomic E-state index is 13.3. The molecule has 5 rings (SSSR count). The summed E-state index contributed by atoms with van der Waals surface area (Å²) in [6.07, 6.45) is 0.848. The van der Waals surface area contributed by atoms with Crippen molar-refractivity contribution in [1.29, 1.82) is 0 Å². The van der Waals surface area contributed by atoms with Crippen LogP contribution in [0.15, 0.2) is 72.8 Å². The Kier molecular flexibility index (Phi) is 5.45. The molecule has 0 saturated heterocycles. The van der Waals surface area contributed by atoms with E-state index < -0.39 is 0 Å². The van der Waals surface area contributed by atoms with Crippen molar-refractivity contribution < 1.29 is 14.0 Å². The van der Waals surface area contributed by atoms with Crippen molar-refractivity contribution >= 4 is 23.2 Å². The highest BCUT2D eigenvalue weighted by Crippen LogP contribution is 2.29. The number of hydrogen-bond acceptors (Lipinski definition) is 3. The minimum absolute atomic E-state index is 0.0601. The number of nitrogens with one attached hydrogen (secondary N) is 1. The molecular weight excluding hydrogens is 431 g/mol. The van der Waals surface area contributed by atoms with Gasteiger partial charge in [0, 0.05) is 23.5 Å². The summed E-state index contributed by atoms with van der Waals surface area (Å²) < 4.78 is 14.9. The predicted molar refractivity (Wildman–Crippen MR) is 129 cm³/mol. The summed E-state index contributed by atoms with van der Waals surface area (Å²) >= 11 is 0. The molecule has 0 spiro atoms. The second kappa shape index (κ2) is 8.59.